The highest BCUT2D eigenvalue weighted by atomic mass is 16.6. The van der Waals surface area contributed by atoms with Crippen LogP contribution in [0.25, 0.3) is 0 Å². The third kappa shape index (κ3) is 2.77. The van der Waals surface area contributed by atoms with E-state index in [9.17, 15) is 14.9 Å². The molecule has 0 spiro atoms. The summed E-state index contributed by atoms with van der Waals surface area (Å²) < 4.78 is 0. The van der Waals surface area contributed by atoms with Crippen LogP contribution in [-0.2, 0) is 4.79 Å². The molecular weight excluding hydrogens is 210 g/mol. The lowest BCUT2D eigenvalue weighted by atomic mass is 10.2. The van der Waals surface area contributed by atoms with E-state index in [1.165, 1.54) is 18.2 Å². The summed E-state index contributed by atoms with van der Waals surface area (Å²) in [5.41, 5.74) is 5.54. The maximum atomic E-state index is 11.5. The Bertz CT molecular complexity index is 406. The Hall–Kier alpha value is -1.95. The first-order valence-electron chi connectivity index (χ1n) is 4.86. The minimum atomic E-state index is -0.653. The molecule has 0 unspecified atom stereocenters. The summed E-state index contributed by atoms with van der Waals surface area (Å²) in [5.74, 6) is -0.420. The van der Waals surface area contributed by atoms with Crippen molar-refractivity contribution in [2.45, 2.75) is 19.4 Å². The number of amides is 1. The average Bonchev–Trinajstić information content (AvgIpc) is 2.28. The number of hydrogen-bond donors (Lipinski definition) is 2. The minimum Gasteiger partial charge on any atom is -0.320 e. The van der Waals surface area contributed by atoms with Crippen LogP contribution in [0.2, 0.25) is 0 Å². The Morgan fingerprint density at radius 1 is 1.56 bits per heavy atom. The molecule has 0 saturated carbocycles. The topological polar surface area (TPSA) is 98.3 Å². The van der Waals surface area contributed by atoms with E-state index >= 15 is 0 Å². The quantitative estimate of drug-likeness (QED) is 0.593. The number of benzene rings is 1. The van der Waals surface area contributed by atoms with Crippen molar-refractivity contribution in [3.05, 3.63) is 34.4 Å². The second-order valence-electron chi connectivity index (χ2n) is 3.28. The molecule has 0 aliphatic rings. The van der Waals surface area contributed by atoms with Crippen LogP contribution in [0.5, 0.6) is 0 Å². The molecule has 6 heteroatoms. The van der Waals surface area contributed by atoms with Crippen LogP contribution in [0, 0.1) is 10.1 Å². The summed E-state index contributed by atoms with van der Waals surface area (Å²) in [7, 11) is 0. The van der Waals surface area contributed by atoms with E-state index in [2.05, 4.69) is 5.32 Å². The van der Waals surface area contributed by atoms with Gasteiger partial charge < -0.3 is 11.1 Å². The van der Waals surface area contributed by atoms with Crippen molar-refractivity contribution >= 4 is 17.3 Å². The van der Waals surface area contributed by atoms with E-state index in [0.29, 0.717) is 6.42 Å². The molecule has 1 atom stereocenters. The van der Waals surface area contributed by atoms with Gasteiger partial charge in [0.15, 0.2) is 0 Å². The Labute approximate surface area is 92.6 Å². The zero-order valence-electron chi connectivity index (χ0n) is 8.84. The van der Waals surface area contributed by atoms with Crippen molar-refractivity contribution in [3.63, 3.8) is 0 Å². The largest absolute Gasteiger partial charge is 0.320 e. The first-order valence-corrected chi connectivity index (χ1v) is 4.86. The van der Waals surface area contributed by atoms with Crippen LogP contribution < -0.4 is 11.1 Å². The van der Waals surface area contributed by atoms with Crippen molar-refractivity contribution in [2.75, 3.05) is 5.32 Å². The highest BCUT2D eigenvalue weighted by Crippen LogP contribution is 2.23. The molecule has 1 rings (SSSR count). The number of nitrogens with one attached hydrogen (secondary N) is 1. The molecular formula is C10H13N3O3. The fourth-order valence-electron chi connectivity index (χ4n) is 1.15. The molecule has 0 fully saturated rings. The molecule has 6 nitrogen and oxygen atoms in total. The number of nitrogens with zero attached hydrogens (tertiary/aromatic N) is 1. The standard InChI is InChI=1S/C10H13N3O3/c1-2-7(11)10(14)12-8-5-3-4-6-9(8)13(15)16/h3-7H,2,11H2,1H3,(H,12,14)/t7-/m0/s1. The molecule has 86 valence electrons. The Morgan fingerprint density at radius 2 is 2.19 bits per heavy atom. The van der Waals surface area contributed by atoms with Crippen molar-refractivity contribution in [2.24, 2.45) is 5.73 Å². The van der Waals surface area contributed by atoms with Crippen LogP contribution in [0.1, 0.15) is 13.3 Å². The van der Waals surface area contributed by atoms with Crippen LogP contribution in [-0.4, -0.2) is 16.9 Å². The van der Waals surface area contributed by atoms with E-state index < -0.39 is 16.9 Å². The lowest BCUT2D eigenvalue weighted by Gasteiger charge is -2.09. The second-order valence-corrected chi connectivity index (χ2v) is 3.28. The van der Waals surface area contributed by atoms with Crippen molar-refractivity contribution in [3.8, 4) is 0 Å². The minimum absolute atomic E-state index is 0.140. The van der Waals surface area contributed by atoms with E-state index in [0.717, 1.165) is 0 Å². The average molecular weight is 223 g/mol. The molecule has 0 bridgehead atoms. The Balaban J connectivity index is 2.89. The number of nitro benzene ring substituents is 1. The highest BCUT2D eigenvalue weighted by Gasteiger charge is 2.17. The third-order valence-corrected chi connectivity index (χ3v) is 2.14. The zero-order chi connectivity index (χ0) is 12.1. The van der Waals surface area contributed by atoms with Crippen LogP contribution >= 0.6 is 0 Å². The van der Waals surface area contributed by atoms with E-state index in [1.807, 2.05) is 0 Å². The number of para-hydroxylation sites is 2. The first-order chi connectivity index (χ1) is 7.56. The second kappa shape index (κ2) is 5.22. The van der Waals surface area contributed by atoms with Crippen LogP contribution in [0.3, 0.4) is 0 Å². The number of nitrogens with two attached hydrogens (primary N) is 1. The SMILES string of the molecule is CC[C@H](N)C(=O)Nc1ccccc1[N+](=O)[O-]. The van der Waals surface area contributed by atoms with Gasteiger partial charge in [-0.2, -0.15) is 0 Å². The highest BCUT2D eigenvalue weighted by molar-refractivity contribution is 5.96. The van der Waals surface area contributed by atoms with Crippen molar-refractivity contribution < 1.29 is 9.72 Å². The zero-order valence-corrected chi connectivity index (χ0v) is 8.84. The molecule has 1 amide bonds. The number of carbonyl (C=O) groups excluding carboxylic acids is 1. The van der Waals surface area contributed by atoms with Gasteiger partial charge in [-0.3, -0.25) is 14.9 Å². The monoisotopic (exact) mass is 223 g/mol. The van der Waals surface area contributed by atoms with Crippen LogP contribution in [0.4, 0.5) is 11.4 Å². The number of rotatable bonds is 4. The molecule has 0 aromatic heterocycles. The summed E-state index contributed by atoms with van der Waals surface area (Å²) in [5, 5.41) is 13.1. The maximum Gasteiger partial charge on any atom is 0.292 e. The van der Waals surface area contributed by atoms with Gasteiger partial charge in [0.2, 0.25) is 5.91 Å². The van der Waals surface area contributed by atoms with Gasteiger partial charge in [-0.25, -0.2) is 0 Å². The molecule has 0 radical (unpaired) electrons. The van der Waals surface area contributed by atoms with Gasteiger partial charge in [-0.1, -0.05) is 19.1 Å². The lowest BCUT2D eigenvalue weighted by molar-refractivity contribution is -0.383. The Morgan fingerprint density at radius 3 is 2.75 bits per heavy atom. The molecule has 0 aliphatic heterocycles. The molecule has 0 aliphatic carbocycles. The molecule has 1 aromatic carbocycles. The summed E-state index contributed by atoms with van der Waals surface area (Å²) in [6, 6.07) is 5.29. The normalized spacial score (nSPS) is 11.9. The first kappa shape index (κ1) is 12.1. The van der Waals surface area contributed by atoms with E-state index in [1.54, 1.807) is 13.0 Å². The molecule has 16 heavy (non-hydrogen) atoms. The lowest BCUT2D eigenvalue weighted by Crippen LogP contribution is -2.34. The van der Waals surface area contributed by atoms with E-state index in [4.69, 9.17) is 5.73 Å². The summed E-state index contributed by atoms with van der Waals surface area (Å²) in [4.78, 5) is 21.6. The van der Waals surface area contributed by atoms with Crippen LogP contribution in [0.15, 0.2) is 24.3 Å². The van der Waals surface area contributed by atoms with Gasteiger partial charge in [0, 0.05) is 6.07 Å². The number of nitro groups is 1. The number of hydrogen-bond acceptors (Lipinski definition) is 4. The molecule has 3 N–H and O–H groups in total. The summed E-state index contributed by atoms with van der Waals surface area (Å²) in [6.07, 6.45) is 0.479. The predicted octanol–water partition coefficient (Wildman–Crippen LogP) is 1.27. The van der Waals surface area contributed by atoms with E-state index in [-0.39, 0.29) is 11.4 Å². The van der Waals surface area contributed by atoms with Gasteiger partial charge >= 0.3 is 0 Å². The molecule has 1 aromatic rings. The molecule has 0 saturated heterocycles. The number of anilines is 1. The fourth-order valence-corrected chi connectivity index (χ4v) is 1.15. The number of carbonyl (C=O) groups is 1. The fraction of sp³-hybridized carbons (Fsp3) is 0.300. The van der Waals surface area contributed by atoms with Gasteiger partial charge in [0.1, 0.15) is 5.69 Å². The predicted molar refractivity (Wildman–Crippen MR) is 60.0 cm³/mol. The third-order valence-electron chi connectivity index (χ3n) is 2.14. The Kier molecular flexibility index (Phi) is 3.96. The van der Waals surface area contributed by atoms with Crippen molar-refractivity contribution in [1.82, 2.24) is 0 Å². The van der Waals surface area contributed by atoms with Gasteiger partial charge in [0.25, 0.3) is 5.69 Å². The van der Waals surface area contributed by atoms with Gasteiger partial charge in [-0.15, -0.1) is 0 Å². The smallest absolute Gasteiger partial charge is 0.292 e. The van der Waals surface area contributed by atoms with Gasteiger partial charge in [-0.05, 0) is 12.5 Å². The molecule has 0 heterocycles. The maximum absolute atomic E-state index is 11.5. The van der Waals surface area contributed by atoms with Gasteiger partial charge in [0.05, 0.1) is 11.0 Å². The summed E-state index contributed by atoms with van der Waals surface area (Å²) in [6.45, 7) is 1.77. The summed E-state index contributed by atoms with van der Waals surface area (Å²) >= 11 is 0. The van der Waals surface area contributed by atoms with Crippen molar-refractivity contribution in [1.29, 1.82) is 0 Å².